The van der Waals surface area contributed by atoms with Gasteiger partial charge in [-0.15, -0.1) is 0 Å². The second-order valence-electron chi connectivity index (χ2n) is 8.33. The van der Waals surface area contributed by atoms with E-state index in [1.165, 1.54) is 24.5 Å². The highest BCUT2D eigenvalue weighted by Crippen LogP contribution is 2.26. The molecule has 0 saturated heterocycles. The maximum Gasteiger partial charge on any atom is 0.290 e. The maximum atomic E-state index is 13.6. The van der Waals surface area contributed by atoms with Gasteiger partial charge in [0.05, 0.1) is 6.26 Å². The van der Waals surface area contributed by atoms with Crippen LogP contribution in [-0.4, -0.2) is 30.8 Å². The van der Waals surface area contributed by atoms with Crippen LogP contribution < -0.4 is 10.2 Å². The second-order valence-corrected chi connectivity index (χ2v) is 8.33. The quantitative estimate of drug-likeness (QED) is 0.364. The van der Waals surface area contributed by atoms with Crippen LogP contribution in [0.15, 0.2) is 95.6 Å². The molecule has 0 spiro atoms. The van der Waals surface area contributed by atoms with Gasteiger partial charge in [-0.25, -0.2) is 4.39 Å². The number of rotatable bonds is 8. The highest BCUT2D eigenvalue weighted by atomic mass is 19.1. The summed E-state index contributed by atoms with van der Waals surface area (Å²) < 4.78 is 18.9. The van der Waals surface area contributed by atoms with Gasteiger partial charge in [0.1, 0.15) is 5.82 Å². The highest BCUT2D eigenvalue weighted by molar-refractivity contribution is 6.04. The fourth-order valence-corrected chi connectivity index (χ4v) is 3.82. The molecule has 0 aliphatic heterocycles. The maximum absolute atomic E-state index is 13.6. The van der Waals surface area contributed by atoms with Crippen LogP contribution in [0.2, 0.25) is 0 Å². The van der Waals surface area contributed by atoms with Crippen LogP contribution in [0, 0.1) is 5.82 Å². The molecule has 0 unspecified atom stereocenters. The molecule has 0 saturated carbocycles. The molecule has 178 valence electrons. The largest absolute Gasteiger partial charge is 0.459 e. The molecule has 4 rings (SSSR count). The predicted molar refractivity (Wildman–Crippen MR) is 134 cm³/mol. The van der Waals surface area contributed by atoms with Crippen molar-refractivity contribution in [2.45, 2.75) is 13.1 Å². The Hall–Kier alpha value is -4.39. The van der Waals surface area contributed by atoms with E-state index in [4.69, 9.17) is 4.42 Å². The minimum Gasteiger partial charge on any atom is -0.459 e. The number of hydrogen-bond donors (Lipinski definition) is 1. The Morgan fingerprint density at radius 3 is 2.37 bits per heavy atom. The third-order valence-corrected chi connectivity index (χ3v) is 5.50. The zero-order valence-electron chi connectivity index (χ0n) is 19.6. The smallest absolute Gasteiger partial charge is 0.290 e. The molecule has 1 aromatic heterocycles. The topological polar surface area (TPSA) is 65.8 Å². The predicted octanol–water partition coefficient (Wildman–Crippen LogP) is 5.58. The Kier molecular flexibility index (Phi) is 7.26. The van der Waals surface area contributed by atoms with Crippen LogP contribution in [-0.2, 0) is 13.1 Å². The van der Waals surface area contributed by atoms with Crippen LogP contribution in [0.1, 0.15) is 32.0 Å². The summed E-state index contributed by atoms with van der Waals surface area (Å²) >= 11 is 0. The van der Waals surface area contributed by atoms with Crippen LogP contribution in [0.5, 0.6) is 0 Å². The Morgan fingerprint density at radius 1 is 0.886 bits per heavy atom. The van der Waals surface area contributed by atoms with Crippen molar-refractivity contribution in [1.82, 2.24) is 4.90 Å². The average Bonchev–Trinajstić information content (AvgIpc) is 3.39. The van der Waals surface area contributed by atoms with Gasteiger partial charge in [0.2, 0.25) is 0 Å². The summed E-state index contributed by atoms with van der Waals surface area (Å²) in [5.74, 6) is -0.879. The molecular weight excluding hydrogens is 445 g/mol. The summed E-state index contributed by atoms with van der Waals surface area (Å²) in [6, 6.07) is 24.1. The van der Waals surface area contributed by atoms with Crippen molar-refractivity contribution in [3.63, 3.8) is 0 Å². The molecule has 0 fully saturated rings. The number of hydrogen-bond acceptors (Lipinski definition) is 4. The van der Waals surface area contributed by atoms with Gasteiger partial charge < -0.3 is 19.5 Å². The lowest BCUT2D eigenvalue weighted by molar-refractivity contribution is 0.0697. The van der Waals surface area contributed by atoms with Gasteiger partial charge in [-0.1, -0.05) is 36.4 Å². The molecule has 1 N–H and O–H groups in total. The van der Waals surface area contributed by atoms with E-state index >= 15 is 0 Å². The minimum atomic E-state index is -0.478. The van der Waals surface area contributed by atoms with Crippen molar-refractivity contribution in [2.75, 3.05) is 24.3 Å². The van der Waals surface area contributed by atoms with Crippen molar-refractivity contribution in [1.29, 1.82) is 0 Å². The van der Waals surface area contributed by atoms with Gasteiger partial charge in [-0.3, -0.25) is 9.59 Å². The normalized spacial score (nSPS) is 10.6. The van der Waals surface area contributed by atoms with Crippen molar-refractivity contribution in [3.05, 3.63) is 119 Å². The minimum absolute atomic E-state index is 0.224. The molecule has 35 heavy (non-hydrogen) atoms. The monoisotopic (exact) mass is 471 g/mol. The summed E-state index contributed by atoms with van der Waals surface area (Å²) in [5, 5.41) is 2.83. The Balaban J connectivity index is 1.64. The lowest BCUT2D eigenvalue weighted by Gasteiger charge is -2.26. The first kappa shape index (κ1) is 23.8. The number of nitrogens with one attached hydrogen (secondary N) is 1. The number of anilines is 2. The Bertz CT molecular complexity index is 1300. The lowest BCUT2D eigenvalue weighted by atomic mass is 10.1. The number of carbonyl (C=O) groups is 2. The van der Waals surface area contributed by atoms with E-state index in [2.05, 4.69) is 5.32 Å². The van der Waals surface area contributed by atoms with Gasteiger partial charge >= 0.3 is 0 Å². The summed E-state index contributed by atoms with van der Waals surface area (Å²) in [5.41, 5.74) is 3.49. The third-order valence-electron chi connectivity index (χ3n) is 5.50. The first-order valence-corrected chi connectivity index (χ1v) is 11.1. The molecule has 0 aliphatic carbocycles. The van der Waals surface area contributed by atoms with Crippen LogP contribution in [0.3, 0.4) is 0 Å². The van der Waals surface area contributed by atoms with Gasteiger partial charge in [0.15, 0.2) is 5.76 Å². The number of furan rings is 1. The number of amides is 2. The number of nitrogens with zero attached hydrogens (tertiary/aromatic N) is 2. The van der Waals surface area contributed by atoms with E-state index in [9.17, 15) is 14.0 Å². The fourth-order valence-electron chi connectivity index (χ4n) is 3.82. The van der Waals surface area contributed by atoms with Crippen molar-refractivity contribution in [3.8, 4) is 0 Å². The number of halogens is 1. The first-order chi connectivity index (χ1) is 16.9. The fraction of sp³-hybridized carbons (Fsp3) is 0.143. The van der Waals surface area contributed by atoms with Crippen LogP contribution in [0.25, 0.3) is 0 Å². The third kappa shape index (κ3) is 5.95. The van der Waals surface area contributed by atoms with E-state index in [0.717, 1.165) is 16.8 Å². The first-order valence-electron chi connectivity index (χ1n) is 11.1. The molecule has 0 radical (unpaired) electrons. The van der Waals surface area contributed by atoms with E-state index in [1.54, 1.807) is 29.2 Å². The summed E-state index contributed by atoms with van der Waals surface area (Å²) in [4.78, 5) is 29.6. The second kappa shape index (κ2) is 10.7. The molecule has 0 bridgehead atoms. The molecule has 3 aromatic carbocycles. The lowest BCUT2D eigenvalue weighted by Crippen LogP contribution is -2.30. The molecule has 0 aliphatic rings. The zero-order valence-corrected chi connectivity index (χ0v) is 19.6. The highest BCUT2D eigenvalue weighted by Gasteiger charge is 2.21. The van der Waals surface area contributed by atoms with Crippen molar-refractivity contribution in [2.24, 2.45) is 0 Å². The molecule has 2 amide bonds. The van der Waals surface area contributed by atoms with Crippen LogP contribution >= 0.6 is 0 Å². The van der Waals surface area contributed by atoms with Crippen molar-refractivity contribution >= 4 is 23.2 Å². The van der Waals surface area contributed by atoms with Gasteiger partial charge in [-0.05, 0) is 59.7 Å². The van der Waals surface area contributed by atoms with E-state index < -0.39 is 11.7 Å². The van der Waals surface area contributed by atoms with E-state index in [1.807, 2.05) is 61.5 Å². The van der Waals surface area contributed by atoms with Gasteiger partial charge in [-0.2, -0.15) is 0 Å². The average molecular weight is 472 g/mol. The van der Waals surface area contributed by atoms with Crippen LogP contribution in [0.4, 0.5) is 15.8 Å². The number of benzene rings is 3. The van der Waals surface area contributed by atoms with E-state index in [-0.39, 0.29) is 23.8 Å². The Morgan fingerprint density at radius 2 is 1.69 bits per heavy atom. The molecule has 1 heterocycles. The molecule has 6 nitrogen and oxygen atoms in total. The number of carbonyl (C=O) groups excluding carboxylic acids is 2. The summed E-state index contributed by atoms with van der Waals surface area (Å²) in [6.45, 7) is 0.665. The van der Waals surface area contributed by atoms with Gasteiger partial charge in [0, 0.05) is 44.1 Å². The zero-order chi connectivity index (χ0) is 24.8. The van der Waals surface area contributed by atoms with E-state index in [0.29, 0.717) is 12.2 Å². The standard InChI is InChI=1S/C28H26FN3O3/c1-31(2)25-14-13-24(30-27(33)21-10-6-11-23(29)16-21)17-22(25)19-32(18-20-8-4-3-5-9-20)28(34)26-12-7-15-35-26/h3-17H,18-19H2,1-2H3,(H,30,33). The van der Waals surface area contributed by atoms with Crippen molar-refractivity contribution < 1.29 is 18.4 Å². The molecule has 0 atom stereocenters. The Labute approximate surface area is 203 Å². The SMILES string of the molecule is CN(C)c1ccc(NC(=O)c2cccc(F)c2)cc1CN(Cc1ccccc1)C(=O)c1ccco1. The summed E-state index contributed by atoms with van der Waals surface area (Å²) in [7, 11) is 3.83. The summed E-state index contributed by atoms with van der Waals surface area (Å²) in [6.07, 6.45) is 1.47. The molecule has 4 aromatic rings. The molecular formula is C28H26FN3O3. The van der Waals surface area contributed by atoms with Gasteiger partial charge in [0.25, 0.3) is 11.8 Å². The molecule has 7 heteroatoms.